The average Bonchev–Trinajstić information content (AvgIpc) is 2.33. The third-order valence-electron chi connectivity index (χ3n) is 2.46. The van der Waals surface area contributed by atoms with Crippen LogP contribution in [0, 0.1) is 0 Å². The van der Waals surface area contributed by atoms with Crippen LogP contribution in [0.5, 0.6) is 17.2 Å². The zero-order valence-corrected chi connectivity index (χ0v) is 9.55. The highest BCUT2D eigenvalue weighted by molar-refractivity contribution is 5.67. The maximum Gasteiger partial charge on any atom is 0.161 e. The van der Waals surface area contributed by atoms with E-state index < -0.39 is 0 Å². The molecule has 0 saturated heterocycles. The summed E-state index contributed by atoms with van der Waals surface area (Å²) >= 11 is 0. The molecule has 0 aliphatic rings. The summed E-state index contributed by atoms with van der Waals surface area (Å²) < 4.78 is 5.32. The normalized spacial score (nSPS) is 10.2. The van der Waals surface area contributed by atoms with Crippen LogP contribution in [0.15, 0.2) is 42.5 Å². The highest BCUT2D eigenvalue weighted by Crippen LogP contribution is 2.32. The minimum Gasteiger partial charge on any atom is -0.508 e. The van der Waals surface area contributed by atoms with E-state index >= 15 is 0 Å². The molecule has 0 heterocycles. The summed E-state index contributed by atoms with van der Waals surface area (Å²) in [4.78, 5) is 0. The zero-order valence-electron chi connectivity index (χ0n) is 9.55. The molecule has 88 valence electrons. The van der Waals surface area contributed by atoms with E-state index in [-0.39, 0.29) is 11.5 Å². The van der Waals surface area contributed by atoms with Crippen LogP contribution in [0.25, 0.3) is 11.1 Å². The highest BCUT2D eigenvalue weighted by Gasteiger charge is 2.05. The summed E-state index contributed by atoms with van der Waals surface area (Å²) in [5.41, 5.74) is 1.90. The van der Waals surface area contributed by atoms with Gasteiger partial charge in [-0.1, -0.05) is 18.2 Å². The van der Waals surface area contributed by atoms with Crippen molar-refractivity contribution in [2.24, 2.45) is 0 Å². The van der Waals surface area contributed by atoms with Gasteiger partial charge in [0.2, 0.25) is 0 Å². The van der Waals surface area contributed by atoms with Gasteiger partial charge in [-0.3, -0.25) is 0 Å². The largest absolute Gasteiger partial charge is 0.508 e. The highest BCUT2D eigenvalue weighted by atomic mass is 16.5. The molecule has 0 fully saturated rings. The van der Waals surface area contributed by atoms with Gasteiger partial charge in [-0.25, -0.2) is 0 Å². The van der Waals surface area contributed by atoms with Crippen LogP contribution in [0.1, 0.15) is 6.92 Å². The molecule has 0 amide bonds. The van der Waals surface area contributed by atoms with E-state index in [2.05, 4.69) is 0 Å². The average molecular weight is 230 g/mol. The number of aromatic hydroxyl groups is 2. The van der Waals surface area contributed by atoms with Gasteiger partial charge in [0.15, 0.2) is 11.5 Å². The summed E-state index contributed by atoms with van der Waals surface area (Å²) in [6.45, 7) is 2.37. The third kappa shape index (κ3) is 2.50. The Morgan fingerprint density at radius 3 is 2.24 bits per heavy atom. The molecule has 2 aromatic carbocycles. The van der Waals surface area contributed by atoms with Gasteiger partial charge >= 0.3 is 0 Å². The predicted molar refractivity (Wildman–Crippen MR) is 66.4 cm³/mol. The summed E-state index contributed by atoms with van der Waals surface area (Å²) in [5.74, 6) is 0.838. The monoisotopic (exact) mass is 230 g/mol. The van der Waals surface area contributed by atoms with E-state index in [1.165, 1.54) is 0 Å². The van der Waals surface area contributed by atoms with Crippen molar-refractivity contribution in [3.63, 3.8) is 0 Å². The van der Waals surface area contributed by atoms with E-state index in [0.29, 0.717) is 12.4 Å². The van der Waals surface area contributed by atoms with E-state index in [4.69, 9.17) is 4.74 Å². The fourth-order valence-electron chi connectivity index (χ4n) is 1.62. The van der Waals surface area contributed by atoms with Gasteiger partial charge in [0.1, 0.15) is 5.75 Å². The molecular weight excluding hydrogens is 216 g/mol. The number of hydrogen-bond acceptors (Lipinski definition) is 3. The fourth-order valence-corrected chi connectivity index (χ4v) is 1.62. The van der Waals surface area contributed by atoms with Gasteiger partial charge in [0.05, 0.1) is 6.61 Å². The molecule has 0 saturated carbocycles. The molecular formula is C14H14O3. The third-order valence-corrected chi connectivity index (χ3v) is 2.46. The molecule has 0 bridgehead atoms. The molecule has 0 aliphatic heterocycles. The van der Waals surface area contributed by atoms with Crippen molar-refractivity contribution in [3.8, 4) is 28.4 Å². The van der Waals surface area contributed by atoms with Crippen molar-refractivity contribution in [1.29, 1.82) is 0 Å². The first-order chi connectivity index (χ1) is 8.20. The van der Waals surface area contributed by atoms with Crippen LogP contribution < -0.4 is 4.74 Å². The Kier molecular flexibility index (Phi) is 3.19. The molecule has 0 unspecified atom stereocenters. The Morgan fingerprint density at radius 1 is 0.941 bits per heavy atom. The lowest BCUT2D eigenvalue weighted by molar-refractivity contribution is 0.318. The molecule has 0 aliphatic carbocycles. The van der Waals surface area contributed by atoms with Crippen molar-refractivity contribution >= 4 is 0 Å². The lowest BCUT2D eigenvalue weighted by Crippen LogP contribution is -1.92. The zero-order chi connectivity index (χ0) is 12.3. The first-order valence-corrected chi connectivity index (χ1v) is 5.46. The van der Waals surface area contributed by atoms with Gasteiger partial charge in [-0.05, 0) is 42.3 Å². The first kappa shape index (κ1) is 11.3. The van der Waals surface area contributed by atoms with Gasteiger partial charge in [0.25, 0.3) is 0 Å². The van der Waals surface area contributed by atoms with E-state index in [1.54, 1.807) is 24.3 Å². The number of benzene rings is 2. The van der Waals surface area contributed by atoms with Crippen molar-refractivity contribution < 1.29 is 14.9 Å². The Bertz CT molecular complexity index is 503. The molecule has 0 aromatic heterocycles. The molecule has 2 N–H and O–H groups in total. The summed E-state index contributed by atoms with van der Waals surface area (Å²) in [5, 5.41) is 18.8. The van der Waals surface area contributed by atoms with E-state index in [1.807, 2.05) is 25.1 Å². The maximum atomic E-state index is 9.59. The van der Waals surface area contributed by atoms with Crippen molar-refractivity contribution in [2.45, 2.75) is 6.92 Å². The van der Waals surface area contributed by atoms with Crippen LogP contribution in [0.3, 0.4) is 0 Å². The van der Waals surface area contributed by atoms with Crippen LogP contribution in [-0.2, 0) is 0 Å². The Balaban J connectivity index is 2.39. The Morgan fingerprint density at radius 2 is 1.59 bits per heavy atom. The second-order valence-electron chi connectivity index (χ2n) is 3.66. The minimum absolute atomic E-state index is 0.134. The van der Waals surface area contributed by atoms with Gasteiger partial charge in [0, 0.05) is 0 Å². The number of phenols is 2. The van der Waals surface area contributed by atoms with E-state index in [0.717, 1.165) is 11.1 Å². The molecule has 17 heavy (non-hydrogen) atoms. The fraction of sp³-hybridized carbons (Fsp3) is 0.143. The van der Waals surface area contributed by atoms with Gasteiger partial charge in [-0.15, -0.1) is 0 Å². The second-order valence-corrected chi connectivity index (χ2v) is 3.66. The molecule has 2 rings (SSSR count). The molecule has 0 atom stereocenters. The quantitative estimate of drug-likeness (QED) is 0.851. The Hall–Kier alpha value is -2.16. The summed E-state index contributed by atoms with van der Waals surface area (Å²) in [6, 6.07) is 12.1. The van der Waals surface area contributed by atoms with Crippen LogP contribution in [0.2, 0.25) is 0 Å². The van der Waals surface area contributed by atoms with Crippen LogP contribution in [-0.4, -0.2) is 16.8 Å². The van der Waals surface area contributed by atoms with Crippen LogP contribution >= 0.6 is 0 Å². The first-order valence-electron chi connectivity index (χ1n) is 5.46. The molecule has 0 spiro atoms. The van der Waals surface area contributed by atoms with Gasteiger partial charge < -0.3 is 14.9 Å². The minimum atomic E-state index is 0.134. The molecule has 3 heteroatoms. The van der Waals surface area contributed by atoms with E-state index in [9.17, 15) is 10.2 Å². The topological polar surface area (TPSA) is 49.7 Å². The number of hydrogen-bond donors (Lipinski definition) is 2. The van der Waals surface area contributed by atoms with Crippen molar-refractivity contribution in [2.75, 3.05) is 6.61 Å². The second kappa shape index (κ2) is 4.78. The van der Waals surface area contributed by atoms with Crippen LogP contribution in [0.4, 0.5) is 0 Å². The SMILES string of the molecule is CCOc1cc(-c2ccc(O)cc2)ccc1O. The molecule has 2 aromatic rings. The maximum absolute atomic E-state index is 9.59. The number of rotatable bonds is 3. The summed E-state index contributed by atoms with van der Waals surface area (Å²) in [7, 11) is 0. The van der Waals surface area contributed by atoms with Crippen molar-refractivity contribution in [3.05, 3.63) is 42.5 Å². The molecule has 0 radical (unpaired) electrons. The molecule has 3 nitrogen and oxygen atoms in total. The number of phenolic OH excluding ortho intramolecular Hbond substituents is 2. The Labute approximate surface area is 99.9 Å². The standard InChI is InChI=1S/C14H14O3/c1-2-17-14-9-11(5-8-13(14)16)10-3-6-12(15)7-4-10/h3-9,15-16H,2H2,1H3. The lowest BCUT2D eigenvalue weighted by Gasteiger charge is -2.08. The van der Waals surface area contributed by atoms with Gasteiger partial charge in [-0.2, -0.15) is 0 Å². The number of ether oxygens (including phenoxy) is 1. The lowest BCUT2D eigenvalue weighted by atomic mass is 10.1. The summed E-state index contributed by atoms with van der Waals surface area (Å²) in [6.07, 6.45) is 0. The van der Waals surface area contributed by atoms with Crippen molar-refractivity contribution in [1.82, 2.24) is 0 Å². The predicted octanol–water partition coefficient (Wildman–Crippen LogP) is 3.16. The smallest absolute Gasteiger partial charge is 0.161 e.